The average Bonchev–Trinajstić information content (AvgIpc) is 2.79. The van der Waals surface area contributed by atoms with Gasteiger partial charge in [0.25, 0.3) is 0 Å². The standard InChI is InChI=1S/C15H21NO/c1-4-15(3,5-2)16-11-13-10-12-8-6-7-9-14(12)17-13/h6-10,16H,4-5,11H2,1-3H3. The molecule has 0 aliphatic rings. The van der Waals surface area contributed by atoms with Crippen LogP contribution in [-0.4, -0.2) is 5.54 Å². The van der Waals surface area contributed by atoms with Gasteiger partial charge >= 0.3 is 0 Å². The molecule has 1 heterocycles. The minimum absolute atomic E-state index is 0.207. The molecule has 92 valence electrons. The lowest BCUT2D eigenvalue weighted by molar-refractivity contribution is 0.316. The van der Waals surface area contributed by atoms with Gasteiger partial charge in [-0.25, -0.2) is 0 Å². The van der Waals surface area contributed by atoms with E-state index in [1.54, 1.807) is 0 Å². The highest BCUT2D eigenvalue weighted by atomic mass is 16.3. The Morgan fingerprint density at radius 2 is 1.88 bits per heavy atom. The molecule has 0 spiro atoms. The summed E-state index contributed by atoms with van der Waals surface area (Å²) in [7, 11) is 0. The summed E-state index contributed by atoms with van der Waals surface area (Å²) in [6.45, 7) is 7.49. The molecule has 0 fully saturated rings. The lowest BCUT2D eigenvalue weighted by Crippen LogP contribution is -2.40. The lowest BCUT2D eigenvalue weighted by Gasteiger charge is -2.27. The molecule has 0 saturated carbocycles. The SMILES string of the molecule is CCC(C)(CC)NCc1cc2ccccc2o1. The predicted octanol–water partition coefficient (Wildman–Crippen LogP) is 4.10. The van der Waals surface area contributed by atoms with E-state index in [4.69, 9.17) is 4.42 Å². The normalized spacial score (nSPS) is 12.2. The fraction of sp³-hybridized carbons (Fsp3) is 0.467. The number of fused-ring (bicyclic) bond motifs is 1. The molecule has 0 amide bonds. The number of nitrogens with one attached hydrogen (secondary N) is 1. The van der Waals surface area contributed by atoms with Gasteiger partial charge in [-0.1, -0.05) is 32.0 Å². The van der Waals surface area contributed by atoms with Crippen molar-refractivity contribution in [2.75, 3.05) is 0 Å². The summed E-state index contributed by atoms with van der Waals surface area (Å²) < 4.78 is 5.79. The summed E-state index contributed by atoms with van der Waals surface area (Å²) in [5.74, 6) is 1.01. The number of benzene rings is 1. The van der Waals surface area contributed by atoms with Crippen LogP contribution in [-0.2, 0) is 6.54 Å². The van der Waals surface area contributed by atoms with E-state index in [1.807, 2.05) is 18.2 Å². The minimum Gasteiger partial charge on any atom is -0.460 e. The summed E-state index contributed by atoms with van der Waals surface area (Å²) in [4.78, 5) is 0. The van der Waals surface area contributed by atoms with Gasteiger partial charge in [-0.3, -0.25) is 0 Å². The first-order valence-corrected chi connectivity index (χ1v) is 6.39. The molecule has 2 rings (SSSR count). The van der Waals surface area contributed by atoms with Gasteiger partial charge in [0.05, 0.1) is 6.54 Å². The summed E-state index contributed by atoms with van der Waals surface area (Å²) in [5.41, 5.74) is 1.18. The van der Waals surface area contributed by atoms with Gasteiger partial charge in [-0.05, 0) is 31.9 Å². The van der Waals surface area contributed by atoms with E-state index in [0.29, 0.717) is 0 Å². The van der Waals surface area contributed by atoms with Gasteiger partial charge in [0, 0.05) is 10.9 Å². The molecule has 17 heavy (non-hydrogen) atoms. The molecular weight excluding hydrogens is 210 g/mol. The second-order valence-corrected chi connectivity index (χ2v) is 4.87. The molecule has 2 nitrogen and oxygen atoms in total. The fourth-order valence-corrected chi connectivity index (χ4v) is 1.92. The van der Waals surface area contributed by atoms with Crippen molar-refractivity contribution in [3.8, 4) is 0 Å². The summed E-state index contributed by atoms with van der Waals surface area (Å²) in [5, 5.41) is 4.76. The topological polar surface area (TPSA) is 25.2 Å². The van der Waals surface area contributed by atoms with E-state index in [9.17, 15) is 0 Å². The van der Waals surface area contributed by atoms with Crippen LogP contribution in [0, 0.1) is 0 Å². The fourth-order valence-electron chi connectivity index (χ4n) is 1.92. The van der Waals surface area contributed by atoms with Crippen LogP contribution < -0.4 is 5.32 Å². The highest BCUT2D eigenvalue weighted by Crippen LogP contribution is 2.20. The Morgan fingerprint density at radius 3 is 2.53 bits per heavy atom. The number of rotatable bonds is 5. The van der Waals surface area contributed by atoms with Gasteiger partial charge in [0.15, 0.2) is 0 Å². The molecule has 0 aliphatic heterocycles. The van der Waals surface area contributed by atoms with Crippen molar-refractivity contribution >= 4 is 11.0 Å². The molecule has 0 unspecified atom stereocenters. The average molecular weight is 231 g/mol. The van der Waals surface area contributed by atoms with Crippen molar-refractivity contribution < 1.29 is 4.42 Å². The van der Waals surface area contributed by atoms with Gasteiger partial charge in [-0.15, -0.1) is 0 Å². The van der Waals surface area contributed by atoms with Crippen molar-refractivity contribution in [2.24, 2.45) is 0 Å². The van der Waals surface area contributed by atoms with Crippen LogP contribution in [0.1, 0.15) is 39.4 Å². The van der Waals surface area contributed by atoms with Crippen LogP contribution in [0.3, 0.4) is 0 Å². The third-order valence-corrected chi connectivity index (χ3v) is 3.73. The van der Waals surface area contributed by atoms with Crippen molar-refractivity contribution in [2.45, 2.75) is 45.7 Å². The van der Waals surface area contributed by atoms with Crippen LogP contribution >= 0.6 is 0 Å². The molecule has 1 aromatic carbocycles. The van der Waals surface area contributed by atoms with Crippen molar-refractivity contribution in [1.82, 2.24) is 5.32 Å². The van der Waals surface area contributed by atoms with Crippen LogP contribution in [0.25, 0.3) is 11.0 Å². The molecule has 0 saturated heterocycles. The third-order valence-electron chi connectivity index (χ3n) is 3.73. The van der Waals surface area contributed by atoms with Crippen molar-refractivity contribution in [3.05, 3.63) is 36.1 Å². The van der Waals surface area contributed by atoms with E-state index < -0.39 is 0 Å². The largest absolute Gasteiger partial charge is 0.460 e. The Bertz CT molecular complexity index is 449. The molecule has 0 radical (unpaired) electrons. The van der Waals surface area contributed by atoms with Gasteiger partial charge < -0.3 is 9.73 Å². The lowest BCUT2D eigenvalue weighted by atomic mass is 9.95. The number of furan rings is 1. The van der Waals surface area contributed by atoms with E-state index in [0.717, 1.165) is 30.7 Å². The second kappa shape index (κ2) is 4.92. The number of hydrogen-bond donors (Lipinski definition) is 1. The Kier molecular flexibility index (Phi) is 3.53. The van der Waals surface area contributed by atoms with E-state index in [2.05, 4.69) is 38.2 Å². The van der Waals surface area contributed by atoms with Gasteiger partial charge in [0.2, 0.25) is 0 Å². The minimum atomic E-state index is 0.207. The maximum Gasteiger partial charge on any atom is 0.134 e. The van der Waals surface area contributed by atoms with Crippen LogP contribution in [0.15, 0.2) is 34.7 Å². The predicted molar refractivity (Wildman–Crippen MR) is 72.0 cm³/mol. The van der Waals surface area contributed by atoms with Gasteiger partial charge in [-0.2, -0.15) is 0 Å². The van der Waals surface area contributed by atoms with Crippen molar-refractivity contribution in [3.63, 3.8) is 0 Å². The van der Waals surface area contributed by atoms with E-state index in [1.165, 1.54) is 5.39 Å². The van der Waals surface area contributed by atoms with E-state index in [-0.39, 0.29) is 5.54 Å². The molecule has 2 aromatic rings. The molecule has 1 N–H and O–H groups in total. The maximum absolute atomic E-state index is 5.79. The summed E-state index contributed by atoms with van der Waals surface area (Å²) in [6, 6.07) is 10.3. The zero-order chi connectivity index (χ0) is 12.3. The molecule has 0 atom stereocenters. The Balaban J connectivity index is 2.09. The highest BCUT2D eigenvalue weighted by Gasteiger charge is 2.18. The molecule has 0 aliphatic carbocycles. The highest BCUT2D eigenvalue weighted by molar-refractivity contribution is 5.77. The van der Waals surface area contributed by atoms with E-state index >= 15 is 0 Å². The summed E-state index contributed by atoms with van der Waals surface area (Å²) in [6.07, 6.45) is 2.26. The molecular formula is C15H21NO. The first-order chi connectivity index (χ1) is 8.17. The van der Waals surface area contributed by atoms with Crippen LogP contribution in [0.2, 0.25) is 0 Å². The number of hydrogen-bond acceptors (Lipinski definition) is 2. The zero-order valence-electron chi connectivity index (χ0n) is 10.9. The molecule has 2 heteroatoms. The smallest absolute Gasteiger partial charge is 0.134 e. The molecule has 0 bridgehead atoms. The summed E-state index contributed by atoms with van der Waals surface area (Å²) >= 11 is 0. The first-order valence-electron chi connectivity index (χ1n) is 6.39. The molecule has 1 aromatic heterocycles. The van der Waals surface area contributed by atoms with Crippen molar-refractivity contribution in [1.29, 1.82) is 0 Å². The Morgan fingerprint density at radius 1 is 1.18 bits per heavy atom. The van der Waals surface area contributed by atoms with Gasteiger partial charge in [0.1, 0.15) is 11.3 Å². The Hall–Kier alpha value is -1.28. The monoisotopic (exact) mass is 231 g/mol. The van der Waals surface area contributed by atoms with Crippen LogP contribution in [0.5, 0.6) is 0 Å². The Labute approximate surface area is 103 Å². The first kappa shape index (κ1) is 12.2. The zero-order valence-corrected chi connectivity index (χ0v) is 10.9. The number of para-hydroxylation sites is 1. The third kappa shape index (κ3) is 2.70. The second-order valence-electron chi connectivity index (χ2n) is 4.87. The quantitative estimate of drug-likeness (QED) is 0.838. The van der Waals surface area contributed by atoms with Crippen LogP contribution in [0.4, 0.5) is 0 Å². The maximum atomic E-state index is 5.79.